The standard InChI is InChI=1S/C19H10F9N3O/c20-16(18(23,24)25,17(21,22)19(26,27)28)13-5-7-14(8-6-13)31-10-29-15(30-31)12-3-1-11(9-32)2-4-12/h1-10H. The summed E-state index contributed by atoms with van der Waals surface area (Å²) >= 11 is 0. The molecule has 1 unspecified atom stereocenters. The summed E-state index contributed by atoms with van der Waals surface area (Å²) in [4.78, 5) is 14.6. The van der Waals surface area contributed by atoms with Gasteiger partial charge in [-0.2, -0.15) is 35.1 Å². The third kappa shape index (κ3) is 3.71. The van der Waals surface area contributed by atoms with E-state index in [2.05, 4.69) is 10.1 Å². The molecule has 0 fully saturated rings. The summed E-state index contributed by atoms with van der Waals surface area (Å²) in [6.07, 6.45) is -11.7. The molecule has 0 radical (unpaired) electrons. The van der Waals surface area contributed by atoms with Crippen LogP contribution < -0.4 is 0 Å². The van der Waals surface area contributed by atoms with Crippen molar-refractivity contribution in [2.75, 3.05) is 0 Å². The maximum absolute atomic E-state index is 14.5. The van der Waals surface area contributed by atoms with Gasteiger partial charge in [0.25, 0.3) is 0 Å². The van der Waals surface area contributed by atoms with Gasteiger partial charge in [-0.05, 0) is 12.1 Å². The predicted molar refractivity (Wildman–Crippen MR) is 92.0 cm³/mol. The van der Waals surface area contributed by atoms with Crippen LogP contribution >= 0.6 is 0 Å². The van der Waals surface area contributed by atoms with Gasteiger partial charge in [-0.25, -0.2) is 14.1 Å². The molecule has 0 aliphatic carbocycles. The Bertz CT molecular complexity index is 1100. The maximum atomic E-state index is 14.5. The lowest BCUT2D eigenvalue weighted by Crippen LogP contribution is -2.59. The van der Waals surface area contributed by atoms with Crippen LogP contribution in [0, 0.1) is 0 Å². The second-order valence-electron chi connectivity index (χ2n) is 6.53. The molecule has 0 saturated heterocycles. The van der Waals surface area contributed by atoms with Crippen molar-refractivity contribution in [3.05, 3.63) is 66.0 Å². The molecular formula is C19H10F9N3O. The number of hydrogen-bond acceptors (Lipinski definition) is 3. The summed E-state index contributed by atoms with van der Waals surface area (Å²) < 4.78 is 120. The molecule has 1 aromatic heterocycles. The molecule has 32 heavy (non-hydrogen) atoms. The van der Waals surface area contributed by atoms with Gasteiger partial charge in [0.1, 0.15) is 12.6 Å². The minimum atomic E-state index is -6.80. The average molecular weight is 467 g/mol. The van der Waals surface area contributed by atoms with Crippen molar-refractivity contribution in [3.8, 4) is 17.1 Å². The number of rotatable bonds is 5. The number of carbonyl (C=O) groups excluding carboxylic acids is 1. The third-order valence-electron chi connectivity index (χ3n) is 4.51. The minimum Gasteiger partial charge on any atom is -0.298 e. The molecule has 0 spiro atoms. The number of benzene rings is 2. The maximum Gasteiger partial charge on any atom is 0.457 e. The lowest BCUT2D eigenvalue weighted by Gasteiger charge is -2.36. The normalized spacial score (nSPS) is 14.8. The number of halogens is 9. The van der Waals surface area contributed by atoms with Crippen molar-refractivity contribution >= 4 is 6.29 Å². The Kier molecular flexibility index (Phi) is 5.56. The Hall–Kier alpha value is -3.38. The van der Waals surface area contributed by atoms with Gasteiger partial charge in [0.2, 0.25) is 0 Å². The highest BCUT2D eigenvalue weighted by atomic mass is 19.4. The van der Waals surface area contributed by atoms with E-state index in [4.69, 9.17) is 0 Å². The highest BCUT2D eigenvalue weighted by Crippen LogP contribution is 2.58. The van der Waals surface area contributed by atoms with Crippen LogP contribution in [0.3, 0.4) is 0 Å². The summed E-state index contributed by atoms with van der Waals surface area (Å²) in [5.41, 5.74) is -7.20. The van der Waals surface area contributed by atoms with Crippen LogP contribution in [0.4, 0.5) is 39.5 Å². The Morgan fingerprint density at radius 3 is 1.78 bits per heavy atom. The predicted octanol–water partition coefficient (Wildman–Crippen LogP) is 5.67. The molecule has 0 aliphatic heterocycles. The smallest absolute Gasteiger partial charge is 0.298 e. The first-order valence-corrected chi connectivity index (χ1v) is 8.51. The number of aromatic nitrogens is 3. The second kappa shape index (κ2) is 7.64. The third-order valence-corrected chi connectivity index (χ3v) is 4.51. The minimum absolute atomic E-state index is 0.0862. The van der Waals surface area contributed by atoms with E-state index in [1.807, 2.05) is 0 Å². The molecule has 0 saturated carbocycles. The monoisotopic (exact) mass is 467 g/mol. The Labute approximate surface area is 173 Å². The highest BCUT2D eigenvalue weighted by molar-refractivity contribution is 5.76. The molecule has 0 N–H and O–H groups in total. The highest BCUT2D eigenvalue weighted by Gasteiger charge is 2.81. The first-order valence-electron chi connectivity index (χ1n) is 8.51. The lowest BCUT2D eigenvalue weighted by molar-refractivity contribution is -0.389. The van der Waals surface area contributed by atoms with Crippen LogP contribution in [-0.4, -0.2) is 39.3 Å². The Morgan fingerprint density at radius 2 is 1.31 bits per heavy atom. The van der Waals surface area contributed by atoms with Gasteiger partial charge in [-0.15, -0.1) is 5.10 Å². The second-order valence-corrected chi connectivity index (χ2v) is 6.53. The molecule has 3 rings (SSSR count). The van der Waals surface area contributed by atoms with Gasteiger partial charge in [-0.1, -0.05) is 36.4 Å². The van der Waals surface area contributed by atoms with Crippen molar-refractivity contribution in [1.82, 2.24) is 14.8 Å². The molecule has 1 heterocycles. The average Bonchev–Trinajstić information content (AvgIpc) is 3.22. The van der Waals surface area contributed by atoms with Crippen LogP contribution in [0.5, 0.6) is 0 Å². The lowest BCUT2D eigenvalue weighted by atomic mass is 9.87. The number of aldehydes is 1. The topological polar surface area (TPSA) is 47.8 Å². The van der Waals surface area contributed by atoms with E-state index in [-0.39, 0.29) is 23.6 Å². The van der Waals surface area contributed by atoms with Gasteiger partial charge in [-0.3, -0.25) is 4.79 Å². The van der Waals surface area contributed by atoms with Crippen molar-refractivity contribution in [2.24, 2.45) is 0 Å². The molecule has 13 heteroatoms. The van der Waals surface area contributed by atoms with E-state index in [0.717, 1.165) is 11.0 Å². The fourth-order valence-corrected chi connectivity index (χ4v) is 2.79. The van der Waals surface area contributed by atoms with Gasteiger partial charge < -0.3 is 0 Å². The zero-order chi connectivity index (χ0) is 23.9. The van der Waals surface area contributed by atoms with Gasteiger partial charge in [0, 0.05) is 16.7 Å². The fourth-order valence-electron chi connectivity index (χ4n) is 2.79. The van der Waals surface area contributed by atoms with Gasteiger partial charge in [0.15, 0.2) is 5.82 Å². The Balaban J connectivity index is 1.98. The number of carbonyl (C=O) groups is 1. The molecule has 0 bridgehead atoms. The van der Waals surface area contributed by atoms with Gasteiger partial charge >= 0.3 is 23.9 Å². The largest absolute Gasteiger partial charge is 0.457 e. The number of hydrogen-bond donors (Lipinski definition) is 0. The fraction of sp³-hybridized carbons (Fsp3) is 0.211. The molecule has 2 aromatic carbocycles. The molecule has 170 valence electrons. The summed E-state index contributed by atoms with van der Waals surface area (Å²) in [6.45, 7) is 0. The van der Waals surface area contributed by atoms with Crippen molar-refractivity contribution < 1.29 is 44.3 Å². The molecule has 0 amide bonds. The summed E-state index contributed by atoms with van der Waals surface area (Å²) in [6, 6.07) is 7.67. The molecule has 4 nitrogen and oxygen atoms in total. The molecule has 1 atom stereocenters. The van der Waals surface area contributed by atoms with Crippen molar-refractivity contribution in [3.63, 3.8) is 0 Å². The molecule has 0 aliphatic rings. The Morgan fingerprint density at radius 1 is 0.750 bits per heavy atom. The zero-order valence-electron chi connectivity index (χ0n) is 15.4. The van der Waals surface area contributed by atoms with Crippen LogP contribution in [0.15, 0.2) is 54.9 Å². The SMILES string of the molecule is O=Cc1ccc(-c2ncn(-c3ccc(C(F)(C(F)(F)F)C(F)(F)C(F)(F)F)cc3)n2)cc1. The number of alkyl halides is 9. The van der Waals surface area contributed by atoms with Gasteiger partial charge in [0.05, 0.1) is 5.69 Å². The molecule has 3 aromatic rings. The first-order chi connectivity index (χ1) is 14.7. The van der Waals surface area contributed by atoms with Crippen LogP contribution in [0.25, 0.3) is 17.1 Å². The van der Waals surface area contributed by atoms with Crippen molar-refractivity contribution in [2.45, 2.75) is 23.9 Å². The first kappa shape index (κ1) is 23.3. The van der Waals surface area contributed by atoms with E-state index in [9.17, 15) is 44.3 Å². The van der Waals surface area contributed by atoms with E-state index < -0.39 is 29.5 Å². The number of nitrogens with zero attached hydrogens (tertiary/aromatic N) is 3. The zero-order valence-corrected chi connectivity index (χ0v) is 15.4. The van der Waals surface area contributed by atoms with Crippen LogP contribution in [0.2, 0.25) is 0 Å². The van der Waals surface area contributed by atoms with Crippen molar-refractivity contribution in [1.29, 1.82) is 0 Å². The summed E-state index contributed by atoms with van der Waals surface area (Å²) in [5.74, 6) is -6.63. The quantitative estimate of drug-likeness (QED) is 0.359. The van der Waals surface area contributed by atoms with E-state index in [1.165, 1.54) is 24.3 Å². The summed E-state index contributed by atoms with van der Waals surface area (Å²) in [5, 5.41) is 4.01. The van der Waals surface area contributed by atoms with E-state index in [0.29, 0.717) is 29.5 Å². The summed E-state index contributed by atoms with van der Waals surface area (Å²) in [7, 11) is 0. The van der Waals surface area contributed by atoms with Crippen LogP contribution in [0.1, 0.15) is 15.9 Å². The molecular weight excluding hydrogens is 457 g/mol. The van der Waals surface area contributed by atoms with E-state index in [1.54, 1.807) is 0 Å². The van der Waals surface area contributed by atoms with E-state index >= 15 is 0 Å². The van der Waals surface area contributed by atoms with Crippen LogP contribution in [-0.2, 0) is 5.67 Å².